The summed E-state index contributed by atoms with van der Waals surface area (Å²) in [6, 6.07) is 0. The quantitative estimate of drug-likeness (QED) is 0.704. The van der Waals surface area contributed by atoms with Crippen LogP contribution in [-0.2, 0) is 0 Å². The van der Waals surface area contributed by atoms with E-state index in [-0.39, 0.29) is 23.6 Å². The first-order valence-electron chi connectivity index (χ1n) is 4.88. The minimum atomic E-state index is -4.10. The van der Waals surface area contributed by atoms with Crippen LogP contribution in [0.4, 0.5) is 13.2 Å². The summed E-state index contributed by atoms with van der Waals surface area (Å²) in [5.41, 5.74) is -4.10. The summed E-state index contributed by atoms with van der Waals surface area (Å²) in [5.74, 6) is 0.547. The van der Waals surface area contributed by atoms with Crippen LogP contribution in [0.15, 0.2) is 0 Å². The number of thioether (sulfide) groups is 1. The lowest BCUT2D eigenvalue weighted by Crippen LogP contribution is -2.09. The molecule has 5 heteroatoms. The predicted octanol–water partition coefficient (Wildman–Crippen LogP) is 3.18. The van der Waals surface area contributed by atoms with E-state index in [2.05, 4.69) is 0 Å². The number of alkyl halides is 3. The molecule has 0 aromatic carbocycles. The van der Waals surface area contributed by atoms with Crippen LogP contribution in [0.2, 0.25) is 0 Å². The lowest BCUT2D eigenvalue weighted by atomic mass is 10.1. The Kier molecular flexibility index (Phi) is 4.57. The molecule has 0 bridgehead atoms. The largest absolute Gasteiger partial charge is 0.441 e. The minimum Gasteiger partial charge on any atom is -0.393 e. The van der Waals surface area contributed by atoms with Crippen LogP contribution in [0.5, 0.6) is 0 Å². The lowest BCUT2D eigenvalue weighted by molar-refractivity contribution is -0.0328. The third kappa shape index (κ3) is 5.75. The molecule has 0 spiro atoms. The molecule has 1 aliphatic rings. The SMILES string of the molecule is OC(CCCCSC(F)(F)F)C1CC1. The van der Waals surface area contributed by atoms with Crippen LogP contribution in [0, 0.1) is 5.92 Å². The van der Waals surface area contributed by atoms with E-state index in [0.717, 1.165) is 12.8 Å². The summed E-state index contributed by atoms with van der Waals surface area (Å²) in [4.78, 5) is 0. The molecule has 0 aromatic heterocycles. The number of halogens is 3. The van der Waals surface area contributed by atoms with Crippen LogP contribution < -0.4 is 0 Å². The van der Waals surface area contributed by atoms with Crippen LogP contribution in [0.3, 0.4) is 0 Å². The molecule has 0 saturated heterocycles. The van der Waals surface area contributed by atoms with Crippen molar-refractivity contribution in [1.82, 2.24) is 0 Å². The van der Waals surface area contributed by atoms with E-state index in [4.69, 9.17) is 0 Å². The Morgan fingerprint density at radius 3 is 2.43 bits per heavy atom. The number of hydrogen-bond acceptors (Lipinski definition) is 2. The fourth-order valence-corrected chi connectivity index (χ4v) is 1.94. The van der Waals surface area contributed by atoms with Gasteiger partial charge in [0, 0.05) is 5.75 Å². The molecular weight excluding hydrogens is 213 g/mol. The fourth-order valence-electron chi connectivity index (χ4n) is 1.36. The maximum atomic E-state index is 11.7. The molecule has 1 saturated carbocycles. The van der Waals surface area contributed by atoms with Crippen molar-refractivity contribution in [3.05, 3.63) is 0 Å². The van der Waals surface area contributed by atoms with Gasteiger partial charge in [-0.25, -0.2) is 0 Å². The van der Waals surface area contributed by atoms with Gasteiger partial charge in [0.1, 0.15) is 0 Å². The molecule has 1 atom stereocenters. The van der Waals surface area contributed by atoms with E-state index < -0.39 is 5.51 Å². The van der Waals surface area contributed by atoms with Gasteiger partial charge in [-0.05, 0) is 31.6 Å². The normalized spacial score (nSPS) is 19.7. The first kappa shape index (κ1) is 12.2. The molecule has 1 unspecified atom stereocenters. The fraction of sp³-hybridized carbons (Fsp3) is 1.00. The first-order chi connectivity index (χ1) is 6.49. The van der Waals surface area contributed by atoms with Crippen molar-refractivity contribution in [2.24, 2.45) is 5.92 Å². The average molecular weight is 228 g/mol. The van der Waals surface area contributed by atoms with Crippen molar-refractivity contribution in [3.8, 4) is 0 Å². The van der Waals surface area contributed by atoms with Crippen LogP contribution in [-0.4, -0.2) is 22.5 Å². The van der Waals surface area contributed by atoms with Gasteiger partial charge in [-0.1, -0.05) is 18.2 Å². The predicted molar refractivity (Wildman–Crippen MR) is 51.1 cm³/mol. The molecule has 1 aliphatic carbocycles. The average Bonchev–Trinajstić information content (AvgIpc) is 2.83. The van der Waals surface area contributed by atoms with Crippen molar-refractivity contribution >= 4 is 11.8 Å². The van der Waals surface area contributed by atoms with Gasteiger partial charge in [-0.2, -0.15) is 13.2 Å². The highest BCUT2D eigenvalue weighted by Gasteiger charge is 2.29. The zero-order chi connectivity index (χ0) is 10.6. The Morgan fingerprint density at radius 2 is 1.93 bits per heavy atom. The van der Waals surface area contributed by atoms with Gasteiger partial charge in [0.2, 0.25) is 0 Å². The molecule has 84 valence electrons. The molecule has 1 nitrogen and oxygen atoms in total. The van der Waals surface area contributed by atoms with Crippen molar-refractivity contribution in [1.29, 1.82) is 0 Å². The molecule has 0 aromatic rings. The molecular formula is C9H15F3OS. The van der Waals surface area contributed by atoms with Gasteiger partial charge < -0.3 is 5.11 Å². The second-order valence-electron chi connectivity index (χ2n) is 3.69. The first-order valence-corrected chi connectivity index (χ1v) is 5.86. The Hall–Kier alpha value is 0.100. The minimum absolute atomic E-state index is 0.0276. The van der Waals surface area contributed by atoms with Gasteiger partial charge in [0.25, 0.3) is 0 Å². The third-order valence-corrected chi connectivity index (χ3v) is 3.15. The molecule has 1 N–H and O–H groups in total. The number of unbranched alkanes of at least 4 members (excludes halogenated alkanes) is 1. The zero-order valence-corrected chi connectivity index (χ0v) is 8.70. The summed E-state index contributed by atoms with van der Waals surface area (Å²) in [6.45, 7) is 0. The molecule has 0 aliphatic heterocycles. The van der Waals surface area contributed by atoms with Gasteiger partial charge >= 0.3 is 5.51 Å². The van der Waals surface area contributed by atoms with E-state index >= 15 is 0 Å². The monoisotopic (exact) mass is 228 g/mol. The smallest absolute Gasteiger partial charge is 0.393 e. The highest BCUT2D eigenvalue weighted by atomic mass is 32.2. The maximum absolute atomic E-state index is 11.7. The van der Waals surface area contributed by atoms with Crippen molar-refractivity contribution in [3.63, 3.8) is 0 Å². The Balaban J connectivity index is 1.88. The van der Waals surface area contributed by atoms with Crippen molar-refractivity contribution in [2.45, 2.75) is 43.7 Å². The summed E-state index contributed by atoms with van der Waals surface area (Å²) in [5, 5.41) is 9.42. The summed E-state index contributed by atoms with van der Waals surface area (Å²) in [6.07, 6.45) is 3.78. The van der Waals surface area contributed by atoms with E-state index in [1.165, 1.54) is 0 Å². The molecule has 1 rings (SSSR count). The summed E-state index contributed by atoms with van der Waals surface area (Å²) >= 11 is 0.0276. The Labute approximate surface area is 86.1 Å². The number of hydrogen-bond donors (Lipinski definition) is 1. The Morgan fingerprint density at radius 1 is 1.29 bits per heavy atom. The molecule has 0 amide bonds. The molecule has 0 heterocycles. The van der Waals surface area contributed by atoms with Gasteiger partial charge in [-0.3, -0.25) is 0 Å². The van der Waals surface area contributed by atoms with Crippen LogP contribution in [0.25, 0.3) is 0 Å². The molecule has 0 radical (unpaired) electrons. The Bertz CT molecular complexity index is 168. The second-order valence-corrected chi connectivity index (χ2v) is 4.85. The van der Waals surface area contributed by atoms with Crippen LogP contribution >= 0.6 is 11.8 Å². The number of aliphatic hydroxyl groups excluding tert-OH is 1. The number of aliphatic hydroxyl groups is 1. The van der Waals surface area contributed by atoms with Gasteiger partial charge in [-0.15, -0.1) is 0 Å². The topological polar surface area (TPSA) is 20.2 Å². The standard InChI is InChI=1S/C9H15F3OS/c10-9(11,12)14-6-2-1-3-8(13)7-4-5-7/h7-8,13H,1-6H2. The molecule has 14 heavy (non-hydrogen) atoms. The van der Waals surface area contributed by atoms with E-state index in [0.29, 0.717) is 25.2 Å². The number of rotatable bonds is 6. The zero-order valence-electron chi connectivity index (χ0n) is 7.89. The van der Waals surface area contributed by atoms with E-state index in [9.17, 15) is 18.3 Å². The van der Waals surface area contributed by atoms with Crippen LogP contribution in [0.1, 0.15) is 32.1 Å². The summed E-state index contributed by atoms with van der Waals surface area (Å²) < 4.78 is 35.1. The summed E-state index contributed by atoms with van der Waals surface area (Å²) in [7, 11) is 0. The third-order valence-electron chi connectivity index (χ3n) is 2.33. The highest BCUT2D eigenvalue weighted by molar-refractivity contribution is 8.00. The second kappa shape index (κ2) is 5.26. The highest BCUT2D eigenvalue weighted by Crippen LogP contribution is 2.35. The van der Waals surface area contributed by atoms with Crippen molar-refractivity contribution in [2.75, 3.05) is 5.75 Å². The van der Waals surface area contributed by atoms with Crippen molar-refractivity contribution < 1.29 is 18.3 Å². The van der Waals surface area contributed by atoms with Gasteiger partial charge in [0.15, 0.2) is 0 Å². The van der Waals surface area contributed by atoms with Gasteiger partial charge in [0.05, 0.1) is 6.10 Å². The van der Waals surface area contributed by atoms with E-state index in [1.807, 2.05) is 0 Å². The maximum Gasteiger partial charge on any atom is 0.441 e. The molecule has 1 fully saturated rings. The lowest BCUT2D eigenvalue weighted by Gasteiger charge is -2.08. The van der Waals surface area contributed by atoms with E-state index in [1.54, 1.807) is 0 Å².